The van der Waals surface area contributed by atoms with E-state index in [9.17, 15) is 4.79 Å². The molecule has 0 heterocycles. The van der Waals surface area contributed by atoms with Gasteiger partial charge in [-0.1, -0.05) is 24.9 Å². The van der Waals surface area contributed by atoms with Crippen LogP contribution >= 0.6 is 11.6 Å². The molecule has 19 heavy (non-hydrogen) atoms. The van der Waals surface area contributed by atoms with Crippen molar-refractivity contribution in [3.05, 3.63) is 28.8 Å². The summed E-state index contributed by atoms with van der Waals surface area (Å²) >= 11 is 6.01. The molecule has 0 spiro atoms. The van der Waals surface area contributed by atoms with Gasteiger partial charge in [0, 0.05) is 0 Å². The van der Waals surface area contributed by atoms with Crippen molar-refractivity contribution in [1.82, 2.24) is 0 Å². The average Bonchev–Trinajstić information content (AvgIpc) is 2.43. The van der Waals surface area contributed by atoms with E-state index in [1.807, 2.05) is 13.0 Å². The first kappa shape index (κ1) is 15.3. The van der Waals surface area contributed by atoms with Crippen molar-refractivity contribution in [1.29, 1.82) is 5.26 Å². The zero-order valence-electron chi connectivity index (χ0n) is 11.0. The number of hydrogen-bond donors (Lipinski definition) is 0. The number of nitriles is 1. The van der Waals surface area contributed by atoms with Crippen LogP contribution in [0.1, 0.15) is 31.7 Å². The highest BCUT2D eigenvalue weighted by atomic mass is 35.5. The lowest BCUT2D eigenvalue weighted by Gasteiger charge is -2.17. The fourth-order valence-corrected chi connectivity index (χ4v) is 1.79. The topological polar surface area (TPSA) is 59.3 Å². The largest absolute Gasteiger partial charge is 0.477 e. The first-order valence-electron chi connectivity index (χ1n) is 6.06. The molecule has 1 unspecified atom stereocenters. The van der Waals surface area contributed by atoms with Gasteiger partial charge in [-0.3, -0.25) is 0 Å². The molecule has 0 aliphatic rings. The second kappa shape index (κ2) is 7.65. The van der Waals surface area contributed by atoms with E-state index in [2.05, 4.69) is 0 Å². The first-order chi connectivity index (χ1) is 9.12. The summed E-state index contributed by atoms with van der Waals surface area (Å²) in [5.41, 5.74) is 0.445. The predicted octanol–water partition coefficient (Wildman–Crippen LogP) is 3.32. The summed E-state index contributed by atoms with van der Waals surface area (Å²) in [6.07, 6.45) is 1.71. The summed E-state index contributed by atoms with van der Waals surface area (Å²) in [4.78, 5) is 11.6. The van der Waals surface area contributed by atoms with E-state index < -0.39 is 12.1 Å². The van der Waals surface area contributed by atoms with Crippen molar-refractivity contribution in [3.63, 3.8) is 0 Å². The van der Waals surface area contributed by atoms with Gasteiger partial charge in [-0.05, 0) is 31.0 Å². The van der Waals surface area contributed by atoms with Gasteiger partial charge in [-0.25, -0.2) is 4.79 Å². The average molecular weight is 282 g/mol. The standard InChI is InChI=1S/C14H16ClNO3/c1-3-4-5-13(14(17)18-2)19-12-7-6-10(9-16)8-11(12)15/h6-8,13H,3-5H2,1-2H3. The normalized spacial score (nSPS) is 11.5. The number of nitrogens with zero attached hydrogens (tertiary/aromatic N) is 1. The molecule has 0 bridgehead atoms. The fourth-order valence-electron chi connectivity index (χ4n) is 1.57. The molecule has 4 nitrogen and oxygen atoms in total. The van der Waals surface area contributed by atoms with Crippen LogP contribution in [0.25, 0.3) is 0 Å². The Morgan fingerprint density at radius 2 is 2.26 bits per heavy atom. The van der Waals surface area contributed by atoms with Gasteiger partial charge < -0.3 is 9.47 Å². The maximum atomic E-state index is 11.6. The van der Waals surface area contributed by atoms with Crippen LogP contribution in [0.15, 0.2) is 18.2 Å². The molecule has 0 amide bonds. The van der Waals surface area contributed by atoms with Gasteiger partial charge in [-0.15, -0.1) is 0 Å². The third-order valence-electron chi connectivity index (χ3n) is 2.61. The first-order valence-corrected chi connectivity index (χ1v) is 6.44. The zero-order chi connectivity index (χ0) is 14.3. The SMILES string of the molecule is CCCCC(Oc1ccc(C#N)cc1Cl)C(=O)OC. The third-order valence-corrected chi connectivity index (χ3v) is 2.91. The van der Waals surface area contributed by atoms with Crippen LogP contribution in [-0.2, 0) is 9.53 Å². The van der Waals surface area contributed by atoms with E-state index in [1.165, 1.54) is 13.2 Å². The summed E-state index contributed by atoms with van der Waals surface area (Å²) in [5, 5.41) is 9.06. The number of esters is 1. The second-order valence-electron chi connectivity index (χ2n) is 4.03. The van der Waals surface area contributed by atoms with E-state index in [0.29, 0.717) is 22.8 Å². The Kier molecular flexibility index (Phi) is 6.17. The molecule has 0 radical (unpaired) electrons. The molecule has 5 heteroatoms. The Hall–Kier alpha value is -1.73. The number of benzene rings is 1. The molecule has 1 aromatic rings. The minimum atomic E-state index is -0.671. The Balaban J connectivity index is 2.84. The maximum absolute atomic E-state index is 11.6. The Labute approximate surface area is 117 Å². The number of carbonyl (C=O) groups is 1. The highest BCUT2D eigenvalue weighted by molar-refractivity contribution is 6.32. The number of halogens is 1. The molecule has 0 aliphatic heterocycles. The number of unbranched alkanes of at least 4 members (excludes halogenated alkanes) is 1. The number of ether oxygens (including phenoxy) is 2. The second-order valence-corrected chi connectivity index (χ2v) is 4.44. The summed E-state index contributed by atoms with van der Waals surface area (Å²) in [6.45, 7) is 2.03. The van der Waals surface area contributed by atoms with Crippen LogP contribution in [0.2, 0.25) is 5.02 Å². The van der Waals surface area contributed by atoms with Crippen LogP contribution in [-0.4, -0.2) is 19.2 Å². The van der Waals surface area contributed by atoms with Crippen LogP contribution in [0.5, 0.6) is 5.75 Å². The number of methoxy groups -OCH3 is 1. The Morgan fingerprint density at radius 1 is 1.53 bits per heavy atom. The highest BCUT2D eigenvalue weighted by Crippen LogP contribution is 2.27. The van der Waals surface area contributed by atoms with E-state index in [0.717, 1.165) is 12.8 Å². The molecule has 0 fully saturated rings. The van der Waals surface area contributed by atoms with Gasteiger partial charge in [0.15, 0.2) is 6.10 Å². The van der Waals surface area contributed by atoms with Crippen molar-refractivity contribution in [2.24, 2.45) is 0 Å². The van der Waals surface area contributed by atoms with Gasteiger partial charge in [0.05, 0.1) is 23.8 Å². The molecule has 0 aliphatic carbocycles. The maximum Gasteiger partial charge on any atom is 0.347 e. The molecule has 0 saturated carbocycles. The van der Waals surface area contributed by atoms with Crippen LogP contribution in [0, 0.1) is 11.3 Å². The third kappa shape index (κ3) is 4.46. The quantitative estimate of drug-likeness (QED) is 0.751. The molecule has 0 aromatic heterocycles. The summed E-state index contributed by atoms with van der Waals surface area (Å²) in [6, 6.07) is 6.67. The van der Waals surface area contributed by atoms with Gasteiger partial charge in [0.1, 0.15) is 5.75 Å². The van der Waals surface area contributed by atoms with Crippen LogP contribution in [0.4, 0.5) is 0 Å². The predicted molar refractivity (Wildman–Crippen MR) is 72.1 cm³/mol. The van der Waals surface area contributed by atoms with E-state index in [-0.39, 0.29) is 0 Å². The number of carbonyl (C=O) groups excluding carboxylic acids is 1. The van der Waals surface area contributed by atoms with Gasteiger partial charge in [0.25, 0.3) is 0 Å². The Bertz CT molecular complexity index is 482. The van der Waals surface area contributed by atoms with E-state index >= 15 is 0 Å². The van der Waals surface area contributed by atoms with Crippen molar-refractivity contribution in [2.45, 2.75) is 32.3 Å². The Morgan fingerprint density at radius 3 is 2.79 bits per heavy atom. The van der Waals surface area contributed by atoms with Crippen molar-refractivity contribution in [2.75, 3.05) is 7.11 Å². The lowest BCUT2D eigenvalue weighted by molar-refractivity contribution is -0.149. The lowest BCUT2D eigenvalue weighted by Crippen LogP contribution is -2.28. The van der Waals surface area contributed by atoms with E-state index in [1.54, 1.807) is 12.1 Å². The lowest BCUT2D eigenvalue weighted by atomic mass is 10.1. The minimum absolute atomic E-state index is 0.310. The highest BCUT2D eigenvalue weighted by Gasteiger charge is 2.21. The molecule has 0 N–H and O–H groups in total. The fraction of sp³-hybridized carbons (Fsp3) is 0.429. The number of rotatable bonds is 6. The molecule has 0 saturated heterocycles. The van der Waals surface area contributed by atoms with Crippen molar-refractivity contribution < 1.29 is 14.3 Å². The number of hydrogen-bond acceptors (Lipinski definition) is 4. The molecular weight excluding hydrogens is 266 g/mol. The van der Waals surface area contributed by atoms with Crippen molar-refractivity contribution in [3.8, 4) is 11.8 Å². The van der Waals surface area contributed by atoms with Crippen LogP contribution < -0.4 is 4.74 Å². The van der Waals surface area contributed by atoms with Gasteiger partial charge in [-0.2, -0.15) is 5.26 Å². The minimum Gasteiger partial charge on any atom is -0.477 e. The smallest absolute Gasteiger partial charge is 0.347 e. The van der Waals surface area contributed by atoms with E-state index in [4.69, 9.17) is 26.3 Å². The monoisotopic (exact) mass is 281 g/mol. The molecular formula is C14H16ClNO3. The molecule has 1 atom stereocenters. The summed E-state index contributed by atoms with van der Waals surface area (Å²) in [7, 11) is 1.32. The molecule has 102 valence electrons. The van der Waals surface area contributed by atoms with Gasteiger partial charge >= 0.3 is 5.97 Å². The summed E-state index contributed by atoms with van der Waals surface area (Å²) in [5.74, 6) is -0.0407. The summed E-state index contributed by atoms with van der Waals surface area (Å²) < 4.78 is 10.3. The van der Waals surface area contributed by atoms with Gasteiger partial charge in [0.2, 0.25) is 0 Å². The zero-order valence-corrected chi connectivity index (χ0v) is 11.7. The molecule has 1 rings (SSSR count). The van der Waals surface area contributed by atoms with Crippen molar-refractivity contribution >= 4 is 17.6 Å². The molecule has 1 aromatic carbocycles. The van der Waals surface area contributed by atoms with Crippen LogP contribution in [0.3, 0.4) is 0 Å².